The zero-order valence-electron chi connectivity index (χ0n) is 48.3. The number of methoxy groups -OCH3 is 10. The summed E-state index contributed by atoms with van der Waals surface area (Å²) in [5.74, 6) is 5.94. The topological polar surface area (TPSA) is 145 Å². The highest BCUT2D eigenvalue weighted by atomic mass is 35.5. The summed E-state index contributed by atoms with van der Waals surface area (Å²) in [6.45, 7) is 8.21. The summed E-state index contributed by atoms with van der Waals surface area (Å²) >= 11 is 0. The molecule has 0 spiro atoms. The molecule has 4 aromatic rings. The Labute approximate surface area is 475 Å². The number of benzene rings is 4. The van der Waals surface area contributed by atoms with Crippen molar-refractivity contribution in [2.45, 2.75) is 77.3 Å². The minimum Gasteiger partial charge on any atom is -1.00 e. The Bertz CT molecular complexity index is 2420. The van der Waals surface area contributed by atoms with Crippen molar-refractivity contribution in [2.24, 2.45) is 11.8 Å². The normalized spacial score (nSPS) is 19.1. The summed E-state index contributed by atoms with van der Waals surface area (Å²) in [7, 11) is 20.9. The lowest BCUT2D eigenvalue weighted by Gasteiger charge is -2.47. The van der Waals surface area contributed by atoms with E-state index in [-0.39, 0.29) is 73.5 Å². The number of fused-ring (bicyclic) bond motifs is 2. The molecule has 2 unspecified atom stereocenters. The molecule has 2 aliphatic heterocycles. The van der Waals surface area contributed by atoms with Crippen molar-refractivity contribution in [1.29, 1.82) is 0 Å². The predicted molar refractivity (Wildman–Crippen MR) is 291 cm³/mol. The third kappa shape index (κ3) is 15.5. The maximum Gasteiger partial charge on any atom is 0.306 e. The summed E-state index contributed by atoms with van der Waals surface area (Å²) < 4.78 is 70.3. The largest absolute Gasteiger partial charge is 1.00 e. The fraction of sp³-hybridized carbons (Fsp3) is 0.533. The van der Waals surface area contributed by atoms with Crippen molar-refractivity contribution < 1.29 is 100 Å². The van der Waals surface area contributed by atoms with Crippen LogP contribution in [0.1, 0.15) is 85.0 Å². The molecule has 0 N–H and O–H groups in total. The maximum atomic E-state index is 13.0. The smallest absolute Gasteiger partial charge is 0.306 e. The molecule has 0 aromatic heterocycles. The number of esters is 2. The van der Waals surface area contributed by atoms with Crippen LogP contribution in [0.2, 0.25) is 0 Å². The van der Waals surface area contributed by atoms with Crippen LogP contribution in [-0.2, 0) is 44.7 Å². The monoisotopic (exact) mass is 1130 g/mol. The SMILES string of the molecule is COc1cc2c(cc1OC)[C@@H](Cc1cc(OC)c(OC)c(OC)c1)[N@+](C)(CC(C)COC(=O)CC/C=C/CCC(=O)OCC(C)C[N@+]1(C)CCc3cc(OC)c(OC)cc3[C@H]1Cc1cc(OC)c(OC)c(OC)c1)CC2.[Cl-].[Cl-]. The van der Waals surface area contributed by atoms with Crippen LogP contribution in [0.15, 0.2) is 60.7 Å². The second-order valence-electron chi connectivity index (χ2n) is 20.7. The highest BCUT2D eigenvalue weighted by Gasteiger charge is 2.43. The van der Waals surface area contributed by atoms with Crippen molar-refractivity contribution in [3.63, 3.8) is 0 Å². The van der Waals surface area contributed by atoms with Crippen LogP contribution < -0.4 is 72.2 Å². The van der Waals surface area contributed by atoms with Gasteiger partial charge in [0.15, 0.2) is 46.0 Å². The summed E-state index contributed by atoms with van der Waals surface area (Å²) in [5, 5.41) is 0. The molecule has 78 heavy (non-hydrogen) atoms. The minimum atomic E-state index is -0.250. The Hall–Kier alpha value is -5.94. The van der Waals surface area contributed by atoms with Crippen molar-refractivity contribution >= 4 is 11.9 Å². The molecule has 0 fully saturated rings. The molecule has 0 bridgehead atoms. The van der Waals surface area contributed by atoms with Crippen LogP contribution in [0.3, 0.4) is 0 Å². The van der Waals surface area contributed by atoms with Crippen LogP contribution in [-0.4, -0.2) is 145 Å². The first kappa shape index (κ1) is 64.6. The van der Waals surface area contributed by atoms with Gasteiger partial charge in [-0.2, -0.15) is 0 Å². The Morgan fingerprint density at radius 1 is 0.474 bits per heavy atom. The molecule has 0 saturated carbocycles. The van der Waals surface area contributed by atoms with E-state index in [0.29, 0.717) is 96.4 Å². The lowest BCUT2D eigenvalue weighted by Crippen LogP contribution is -3.00. The Morgan fingerprint density at radius 2 is 0.782 bits per heavy atom. The van der Waals surface area contributed by atoms with Crippen molar-refractivity contribution in [2.75, 3.05) is 125 Å². The van der Waals surface area contributed by atoms with Crippen LogP contribution in [0.5, 0.6) is 57.5 Å². The molecule has 4 aromatic carbocycles. The number of allylic oxidation sites excluding steroid dienone is 2. The predicted octanol–water partition coefficient (Wildman–Crippen LogP) is 3.53. The van der Waals surface area contributed by atoms with Gasteiger partial charge in [-0.1, -0.05) is 26.0 Å². The van der Waals surface area contributed by atoms with Crippen LogP contribution >= 0.6 is 0 Å². The maximum absolute atomic E-state index is 13.0. The molecule has 18 heteroatoms. The molecule has 0 saturated heterocycles. The van der Waals surface area contributed by atoms with Crippen molar-refractivity contribution in [1.82, 2.24) is 0 Å². The zero-order chi connectivity index (χ0) is 55.2. The number of carbonyl (C=O) groups is 2. The molecule has 2 heterocycles. The summed E-state index contributed by atoms with van der Waals surface area (Å²) in [5.41, 5.74) is 6.91. The lowest BCUT2D eigenvalue weighted by atomic mass is 9.85. The van der Waals surface area contributed by atoms with Gasteiger partial charge in [0.1, 0.15) is 12.1 Å². The summed E-state index contributed by atoms with van der Waals surface area (Å²) in [6, 6.07) is 16.5. The Kier molecular flexibility index (Phi) is 24.7. The fourth-order valence-corrected chi connectivity index (χ4v) is 11.5. The van der Waals surface area contributed by atoms with E-state index >= 15 is 0 Å². The van der Waals surface area contributed by atoms with E-state index in [1.54, 1.807) is 71.1 Å². The molecule has 0 aliphatic carbocycles. The minimum absolute atomic E-state index is 0. The Balaban J connectivity index is 0.00000656. The van der Waals surface area contributed by atoms with Gasteiger partial charge in [0.25, 0.3) is 0 Å². The van der Waals surface area contributed by atoms with Crippen LogP contribution in [0.4, 0.5) is 0 Å². The first-order chi connectivity index (χ1) is 36.5. The molecule has 16 nitrogen and oxygen atoms in total. The average molecular weight is 1130 g/mol. The number of halogens is 2. The number of nitrogens with zero attached hydrogens (tertiary/aromatic N) is 2. The molecule has 0 amide bonds. The van der Waals surface area contributed by atoms with E-state index in [1.165, 1.54) is 22.3 Å². The van der Waals surface area contributed by atoms with Gasteiger partial charge in [-0.25, -0.2) is 0 Å². The number of rotatable bonds is 28. The average Bonchev–Trinajstić information content (AvgIpc) is 3.47. The van der Waals surface area contributed by atoms with Gasteiger partial charge in [0.05, 0.1) is 125 Å². The number of ether oxygens (including phenoxy) is 12. The van der Waals surface area contributed by atoms with E-state index in [9.17, 15) is 9.59 Å². The van der Waals surface area contributed by atoms with Gasteiger partial charge in [0, 0.05) is 61.5 Å². The molecule has 2 aliphatic rings. The molecule has 6 atom stereocenters. The number of quaternary nitrogens is 2. The Morgan fingerprint density at radius 3 is 1.08 bits per heavy atom. The van der Waals surface area contributed by atoms with Gasteiger partial charge in [-0.3, -0.25) is 9.59 Å². The molecule has 6 rings (SSSR count). The molecular weight excluding hydrogens is 1040 g/mol. The summed E-state index contributed by atoms with van der Waals surface area (Å²) in [6.07, 6.45) is 8.50. The first-order valence-electron chi connectivity index (χ1n) is 26.3. The van der Waals surface area contributed by atoms with Gasteiger partial charge in [-0.15, -0.1) is 0 Å². The fourth-order valence-electron chi connectivity index (χ4n) is 11.5. The van der Waals surface area contributed by atoms with Gasteiger partial charge < -0.3 is 90.6 Å². The van der Waals surface area contributed by atoms with Crippen molar-refractivity contribution in [3.05, 3.63) is 94.1 Å². The van der Waals surface area contributed by atoms with Crippen LogP contribution in [0.25, 0.3) is 0 Å². The number of hydrogen-bond acceptors (Lipinski definition) is 14. The van der Waals surface area contributed by atoms with Gasteiger partial charge in [-0.05, 0) is 83.6 Å². The van der Waals surface area contributed by atoms with E-state index < -0.39 is 0 Å². The highest BCUT2D eigenvalue weighted by Crippen LogP contribution is 2.47. The second-order valence-corrected chi connectivity index (χ2v) is 20.7. The molecule has 0 radical (unpaired) electrons. The summed E-state index contributed by atoms with van der Waals surface area (Å²) in [4.78, 5) is 26.1. The number of carbonyl (C=O) groups excluding carboxylic acids is 2. The van der Waals surface area contributed by atoms with E-state index in [0.717, 1.165) is 59.1 Å². The van der Waals surface area contributed by atoms with E-state index in [4.69, 9.17) is 56.8 Å². The zero-order valence-corrected chi connectivity index (χ0v) is 49.9. The quantitative estimate of drug-likeness (QED) is 0.0465. The third-order valence-corrected chi connectivity index (χ3v) is 15.3. The standard InChI is InChI=1S/C60H84N2O14.2ClH/c1-39(35-61(3)23-21-43-31-49(65-5)51(67-7)33-45(43)47(61)25-41-27-53(69-9)59(73-13)54(28-41)70-10)37-75-57(63)19-17-15-16-18-20-58(64)76-38-40(2)36-62(4)24-22-44-32-50(66-6)52(68-8)34-46(44)48(62)26-42-29-55(71-11)60(74-14)56(30-42)72-12;;/h15-16,27-34,39-40,47-48H,17-26,35-38H2,1-14H3;2*1H/q+2;;/p-2/b16-15+;;/t39?,40?,47-,48-,61+,62+;;/m1../s1. The van der Waals surface area contributed by atoms with Crippen LogP contribution in [0, 0.1) is 11.8 Å². The highest BCUT2D eigenvalue weighted by molar-refractivity contribution is 5.70. The lowest BCUT2D eigenvalue weighted by molar-refractivity contribution is -0.944. The van der Waals surface area contributed by atoms with Crippen molar-refractivity contribution in [3.8, 4) is 57.5 Å². The first-order valence-corrected chi connectivity index (χ1v) is 26.3. The van der Waals surface area contributed by atoms with Gasteiger partial charge in [0.2, 0.25) is 11.5 Å². The third-order valence-electron chi connectivity index (χ3n) is 15.3. The molecule has 432 valence electrons. The number of likely N-dealkylation sites (N-methyl/N-ethyl adjacent to an activating group) is 2. The van der Waals surface area contributed by atoms with E-state index in [2.05, 4.69) is 52.2 Å². The second kappa shape index (κ2) is 29.9. The number of hydrogen-bond donors (Lipinski definition) is 0. The van der Waals surface area contributed by atoms with E-state index in [1.807, 2.05) is 36.4 Å². The molecular formula is C60H84Cl2N2O14. The van der Waals surface area contributed by atoms with Gasteiger partial charge >= 0.3 is 11.9 Å².